The van der Waals surface area contributed by atoms with E-state index < -0.39 is 0 Å². The Hall–Kier alpha value is -2.22. The molecule has 1 unspecified atom stereocenters. The van der Waals surface area contributed by atoms with Gasteiger partial charge in [0.05, 0.1) is 0 Å². The number of likely N-dealkylation sites (N-methyl/N-ethyl adjacent to an activating group) is 1. The summed E-state index contributed by atoms with van der Waals surface area (Å²) in [5, 5.41) is 0. The average Bonchev–Trinajstić information content (AvgIpc) is 2.91. The summed E-state index contributed by atoms with van der Waals surface area (Å²) in [7, 11) is 2.12. The van der Waals surface area contributed by atoms with Crippen molar-refractivity contribution in [1.29, 1.82) is 0 Å². The Kier molecular flexibility index (Phi) is 3.23. The van der Waals surface area contributed by atoms with Crippen LogP contribution in [0.15, 0.2) is 18.7 Å². The van der Waals surface area contributed by atoms with Crippen LogP contribution in [0.25, 0.3) is 5.95 Å². The highest BCUT2D eigenvalue weighted by molar-refractivity contribution is 5.39. The molecular weight excluding hydrogens is 256 g/mol. The first-order valence-electron chi connectivity index (χ1n) is 6.58. The van der Waals surface area contributed by atoms with E-state index in [1.807, 2.05) is 0 Å². The maximum absolute atomic E-state index is 5.81. The predicted octanol–water partition coefficient (Wildman–Crippen LogP) is -0.220. The van der Waals surface area contributed by atoms with Gasteiger partial charge in [0.25, 0.3) is 0 Å². The predicted molar refractivity (Wildman–Crippen MR) is 75.7 cm³/mol. The standard InChI is InChI=1S/C12H18N8/c1-9-7-18(2)5-6-20(9)12-16-10(13)15-11(17-12)19-4-3-14-8-19/h3-4,8-9H,5-7H2,1-2H3,(H2,13,15,16,17). The number of anilines is 2. The molecule has 0 aliphatic carbocycles. The van der Waals surface area contributed by atoms with Crippen molar-refractivity contribution in [2.75, 3.05) is 37.3 Å². The summed E-state index contributed by atoms with van der Waals surface area (Å²) in [6, 6.07) is 0.339. The highest BCUT2D eigenvalue weighted by atomic mass is 15.4. The van der Waals surface area contributed by atoms with Crippen LogP contribution in [0.1, 0.15) is 6.92 Å². The second-order valence-electron chi connectivity index (χ2n) is 5.07. The molecule has 1 saturated heterocycles. The van der Waals surface area contributed by atoms with Gasteiger partial charge < -0.3 is 15.5 Å². The summed E-state index contributed by atoms with van der Waals surface area (Å²) in [4.78, 5) is 21.4. The average molecular weight is 274 g/mol. The molecule has 3 heterocycles. The molecule has 1 atom stereocenters. The molecule has 0 saturated carbocycles. The van der Waals surface area contributed by atoms with Crippen molar-refractivity contribution in [3.05, 3.63) is 18.7 Å². The number of imidazole rings is 1. The van der Waals surface area contributed by atoms with Crippen LogP contribution in [-0.4, -0.2) is 62.1 Å². The summed E-state index contributed by atoms with van der Waals surface area (Å²) < 4.78 is 1.72. The second kappa shape index (κ2) is 5.04. The quantitative estimate of drug-likeness (QED) is 0.809. The molecule has 0 bridgehead atoms. The fraction of sp³-hybridized carbons (Fsp3) is 0.500. The zero-order valence-electron chi connectivity index (χ0n) is 11.6. The minimum atomic E-state index is 0.227. The van der Waals surface area contributed by atoms with Gasteiger partial charge in [-0.1, -0.05) is 0 Å². The number of nitrogens with zero attached hydrogens (tertiary/aromatic N) is 7. The first kappa shape index (κ1) is 12.8. The maximum atomic E-state index is 5.81. The van der Waals surface area contributed by atoms with Crippen LogP contribution in [0, 0.1) is 0 Å². The molecule has 0 amide bonds. The number of aromatic nitrogens is 5. The van der Waals surface area contributed by atoms with Crippen LogP contribution in [0.4, 0.5) is 11.9 Å². The van der Waals surface area contributed by atoms with Gasteiger partial charge in [-0.25, -0.2) is 4.98 Å². The molecule has 1 aliphatic rings. The molecule has 0 aromatic carbocycles. The molecule has 0 spiro atoms. The van der Waals surface area contributed by atoms with Gasteiger partial charge in [0.1, 0.15) is 6.33 Å². The summed E-state index contributed by atoms with van der Waals surface area (Å²) in [5.74, 6) is 1.35. The Morgan fingerprint density at radius 3 is 2.70 bits per heavy atom. The molecule has 1 aliphatic heterocycles. The van der Waals surface area contributed by atoms with Crippen molar-refractivity contribution in [3.8, 4) is 5.95 Å². The van der Waals surface area contributed by atoms with Crippen molar-refractivity contribution in [2.45, 2.75) is 13.0 Å². The zero-order valence-corrected chi connectivity index (χ0v) is 11.6. The van der Waals surface area contributed by atoms with Gasteiger partial charge in [-0.2, -0.15) is 15.0 Å². The monoisotopic (exact) mass is 274 g/mol. The zero-order chi connectivity index (χ0) is 14.1. The smallest absolute Gasteiger partial charge is 0.241 e. The Labute approximate surface area is 117 Å². The number of rotatable bonds is 2. The molecule has 2 aromatic heterocycles. The van der Waals surface area contributed by atoms with E-state index in [1.165, 1.54) is 0 Å². The highest BCUT2D eigenvalue weighted by Gasteiger charge is 2.24. The van der Waals surface area contributed by atoms with Gasteiger partial charge in [0, 0.05) is 38.1 Å². The van der Waals surface area contributed by atoms with Crippen molar-refractivity contribution < 1.29 is 0 Å². The maximum Gasteiger partial charge on any atom is 0.241 e. The second-order valence-corrected chi connectivity index (χ2v) is 5.07. The summed E-state index contributed by atoms with van der Waals surface area (Å²) >= 11 is 0. The van der Waals surface area contributed by atoms with E-state index in [9.17, 15) is 0 Å². The summed E-state index contributed by atoms with van der Waals surface area (Å²) in [6.07, 6.45) is 5.11. The Morgan fingerprint density at radius 1 is 1.20 bits per heavy atom. The number of hydrogen-bond acceptors (Lipinski definition) is 7. The number of hydrogen-bond donors (Lipinski definition) is 1. The lowest BCUT2D eigenvalue weighted by molar-refractivity contribution is 0.273. The van der Waals surface area contributed by atoms with E-state index in [2.05, 4.69) is 43.7 Å². The summed E-state index contributed by atoms with van der Waals surface area (Å²) in [5.41, 5.74) is 5.81. The van der Waals surface area contributed by atoms with Crippen LogP contribution >= 0.6 is 0 Å². The third-order valence-electron chi connectivity index (χ3n) is 3.45. The van der Waals surface area contributed by atoms with Gasteiger partial charge >= 0.3 is 0 Å². The van der Waals surface area contributed by atoms with Gasteiger partial charge in [-0.15, -0.1) is 0 Å². The van der Waals surface area contributed by atoms with Crippen LogP contribution in [0.3, 0.4) is 0 Å². The number of piperazine rings is 1. The SMILES string of the molecule is CC1CN(C)CCN1c1nc(N)nc(-n2ccnc2)n1. The molecule has 8 heteroatoms. The van der Waals surface area contributed by atoms with Crippen molar-refractivity contribution in [2.24, 2.45) is 0 Å². The van der Waals surface area contributed by atoms with Crippen molar-refractivity contribution >= 4 is 11.9 Å². The highest BCUT2D eigenvalue weighted by Crippen LogP contribution is 2.17. The van der Waals surface area contributed by atoms with E-state index in [0.29, 0.717) is 17.9 Å². The largest absolute Gasteiger partial charge is 0.368 e. The third-order valence-corrected chi connectivity index (χ3v) is 3.45. The molecule has 2 N–H and O–H groups in total. The summed E-state index contributed by atoms with van der Waals surface area (Å²) in [6.45, 7) is 5.00. The minimum absolute atomic E-state index is 0.227. The van der Waals surface area contributed by atoms with E-state index in [4.69, 9.17) is 5.73 Å². The Morgan fingerprint density at radius 2 is 2.00 bits per heavy atom. The molecular formula is C12H18N8. The lowest BCUT2D eigenvalue weighted by Crippen LogP contribution is -2.51. The Balaban J connectivity index is 1.94. The normalized spacial score (nSPS) is 20.3. The fourth-order valence-electron chi connectivity index (χ4n) is 2.43. The van der Waals surface area contributed by atoms with Gasteiger partial charge in [-0.3, -0.25) is 4.57 Å². The van der Waals surface area contributed by atoms with Crippen LogP contribution in [0.2, 0.25) is 0 Å². The van der Waals surface area contributed by atoms with Gasteiger partial charge in [0.15, 0.2) is 0 Å². The topological polar surface area (TPSA) is 89.0 Å². The lowest BCUT2D eigenvalue weighted by Gasteiger charge is -2.38. The van der Waals surface area contributed by atoms with E-state index in [1.54, 1.807) is 23.3 Å². The minimum Gasteiger partial charge on any atom is -0.368 e. The molecule has 1 fully saturated rings. The molecule has 0 radical (unpaired) electrons. The van der Waals surface area contributed by atoms with Crippen LogP contribution in [-0.2, 0) is 0 Å². The van der Waals surface area contributed by atoms with Crippen molar-refractivity contribution in [1.82, 2.24) is 29.4 Å². The van der Waals surface area contributed by atoms with E-state index in [0.717, 1.165) is 19.6 Å². The number of nitrogens with two attached hydrogens (primary N) is 1. The first-order chi connectivity index (χ1) is 9.63. The molecule has 106 valence electrons. The lowest BCUT2D eigenvalue weighted by atomic mass is 10.2. The van der Waals surface area contributed by atoms with Crippen LogP contribution < -0.4 is 10.6 Å². The Bertz CT molecular complexity index is 581. The number of nitrogen functional groups attached to an aromatic ring is 1. The van der Waals surface area contributed by atoms with E-state index >= 15 is 0 Å². The third kappa shape index (κ3) is 2.42. The molecule has 8 nitrogen and oxygen atoms in total. The first-order valence-corrected chi connectivity index (χ1v) is 6.58. The fourth-order valence-corrected chi connectivity index (χ4v) is 2.43. The van der Waals surface area contributed by atoms with Gasteiger partial charge in [-0.05, 0) is 14.0 Å². The van der Waals surface area contributed by atoms with Crippen molar-refractivity contribution in [3.63, 3.8) is 0 Å². The molecule has 3 rings (SSSR count). The van der Waals surface area contributed by atoms with Crippen LogP contribution in [0.5, 0.6) is 0 Å². The molecule has 20 heavy (non-hydrogen) atoms. The molecule has 2 aromatic rings. The van der Waals surface area contributed by atoms with E-state index in [-0.39, 0.29) is 5.95 Å². The van der Waals surface area contributed by atoms with Gasteiger partial charge in [0.2, 0.25) is 17.8 Å².